The van der Waals surface area contributed by atoms with Gasteiger partial charge in [0.05, 0.1) is 18.2 Å². The van der Waals surface area contributed by atoms with Gasteiger partial charge in [0, 0.05) is 6.54 Å². The maximum atomic E-state index is 6.41. The van der Waals surface area contributed by atoms with Crippen molar-refractivity contribution in [3.63, 3.8) is 0 Å². The lowest BCUT2D eigenvalue weighted by atomic mass is 9.91. The summed E-state index contributed by atoms with van der Waals surface area (Å²) in [5, 5.41) is 4.12. The van der Waals surface area contributed by atoms with Gasteiger partial charge >= 0.3 is 0 Å². The molecule has 1 aromatic rings. The van der Waals surface area contributed by atoms with Crippen LogP contribution in [0.2, 0.25) is 5.02 Å². The monoisotopic (exact) mass is 309 g/mol. The van der Waals surface area contributed by atoms with Gasteiger partial charge in [-0.25, -0.2) is 0 Å². The number of hydrogen-bond donors (Lipinski definition) is 1. The summed E-state index contributed by atoms with van der Waals surface area (Å²) in [5.41, 5.74) is 1.26. The van der Waals surface area contributed by atoms with Crippen LogP contribution in [0.15, 0.2) is 12.1 Å². The van der Waals surface area contributed by atoms with E-state index in [1.807, 2.05) is 6.07 Å². The van der Waals surface area contributed by atoms with Crippen LogP contribution in [0.3, 0.4) is 0 Å². The van der Waals surface area contributed by atoms with Crippen LogP contribution >= 0.6 is 11.6 Å². The van der Waals surface area contributed by atoms with Crippen LogP contribution in [0.1, 0.15) is 50.0 Å². The Kier molecular flexibility index (Phi) is 4.91. The Morgan fingerprint density at radius 3 is 2.62 bits per heavy atom. The highest BCUT2D eigenvalue weighted by atomic mass is 35.5. The zero-order valence-electron chi connectivity index (χ0n) is 12.7. The first-order chi connectivity index (χ1) is 10.3. The van der Waals surface area contributed by atoms with E-state index in [4.69, 9.17) is 21.1 Å². The topological polar surface area (TPSA) is 30.5 Å². The van der Waals surface area contributed by atoms with E-state index < -0.39 is 0 Å². The smallest absolute Gasteiger partial charge is 0.179 e. The number of rotatable bonds is 4. The highest BCUT2D eigenvalue weighted by Gasteiger charge is 2.23. The van der Waals surface area contributed by atoms with Crippen molar-refractivity contribution < 1.29 is 9.47 Å². The fourth-order valence-corrected chi connectivity index (χ4v) is 3.73. The Morgan fingerprint density at radius 1 is 1.14 bits per heavy atom. The normalized spacial score (nSPS) is 23.2. The molecule has 1 N–H and O–H groups in total. The first-order valence-corrected chi connectivity index (χ1v) is 8.40. The number of benzene rings is 1. The van der Waals surface area contributed by atoms with Crippen LogP contribution in [0.25, 0.3) is 0 Å². The largest absolute Gasteiger partial charge is 0.491 e. The summed E-state index contributed by atoms with van der Waals surface area (Å²) in [4.78, 5) is 0. The zero-order chi connectivity index (χ0) is 14.7. The summed E-state index contributed by atoms with van der Waals surface area (Å²) < 4.78 is 11.6. The molecule has 1 saturated carbocycles. The molecule has 0 aromatic heterocycles. The number of nitrogens with one attached hydrogen (secondary N) is 1. The van der Waals surface area contributed by atoms with Crippen molar-refractivity contribution in [1.82, 2.24) is 5.32 Å². The molecule has 1 aliphatic carbocycles. The van der Waals surface area contributed by atoms with E-state index in [1.54, 1.807) is 7.11 Å². The van der Waals surface area contributed by atoms with Crippen LogP contribution in [-0.4, -0.2) is 26.3 Å². The van der Waals surface area contributed by atoms with Crippen molar-refractivity contribution in [2.75, 3.05) is 20.2 Å². The molecule has 0 radical (unpaired) electrons. The lowest BCUT2D eigenvalue weighted by molar-refractivity contribution is 0.200. The first kappa shape index (κ1) is 15.0. The highest BCUT2D eigenvalue weighted by Crippen LogP contribution is 2.41. The van der Waals surface area contributed by atoms with Crippen LogP contribution < -0.4 is 14.8 Å². The third-order valence-corrected chi connectivity index (χ3v) is 4.88. The number of ether oxygens (including phenoxy) is 2. The van der Waals surface area contributed by atoms with E-state index in [2.05, 4.69) is 11.4 Å². The predicted octanol–water partition coefficient (Wildman–Crippen LogP) is 4.14. The average molecular weight is 310 g/mol. The minimum absolute atomic E-state index is 0.315. The molecule has 116 valence electrons. The predicted molar refractivity (Wildman–Crippen MR) is 85.7 cm³/mol. The standard InChI is InChI=1S/C17H24ClNO2/c1-20-17-15(18)9-13(12-5-4-8-19-11-12)10-16(17)21-14-6-2-3-7-14/h9-10,12,14,19H,2-8,11H2,1H3. The van der Waals surface area contributed by atoms with Gasteiger partial charge in [0.1, 0.15) is 0 Å². The van der Waals surface area contributed by atoms with Gasteiger partial charge in [-0.15, -0.1) is 0 Å². The van der Waals surface area contributed by atoms with Crippen molar-refractivity contribution in [1.29, 1.82) is 0 Å². The Labute approximate surface area is 132 Å². The third-order valence-electron chi connectivity index (χ3n) is 4.60. The van der Waals surface area contributed by atoms with Gasteiger partial charge < -0.3 is 14.8 Å². The Balaban J connectivity index is 1.85. The Hall–Kier alpha value is -0.930. The Bertz CT molecular complexity index is 480. The van der Waals surface area contributed by atoms with Gasteiger partial charge in [0.25, 0.3) is 0 Å². The number of halogens is 1. The molecule has 1 atom stereocenters. The van der Waals surface area contributed by atoms with Crippen LogP contribution in [0.4, 0.5) is 0 Å². The fraction of sp³-hybridized carbons (Fsp3) is 0.647. The molecule has 0 spiro atoms. The molecule has 1 aliphatic heterocycles. The van der Waals surface area contributed by atoms with Gasteiger partial charge in [0.15, 0.2) is 11.5 Å². The molecule has 1 aromatic carbocycles. The SMILES string of the molecule is COc1c(Cl)cc(C2CCCNC2)cc1OC1CCCC1. The van der Waals surface area contributed by atoms with Crippen molar-refractivity contribution >= 4 is 11.6 Å². The van der Waals surface area contributed by atoms with E-state index in [-0.39, 0.29) is 0 Å². The van der Waals surface area contributed by atoms with Crippen LogP contribution in [0.5, 0.6) is 11.5 Å². The zero-order valence-corrected chi connectivity index (χ0v) is 13.4. The van der Waals surface area contributed by atoms with E-state index in [1.165, 1.54) is 31.2 Å². The maximum Gasteiger partial charge on any atom is 0.179 e. The number of hydrogen-bond acceptors (Lipinski definition) is 3. The van der Waals surface area contributed by atoms with Gasteiger partial charge in [-0.2, -0.15) is 0 Å². The van der Waals surface area contributed by atoms with Crippen molar-refractivity contribution in [3.05, 3.63) is 22.7 Å². The fourth-order valence-electron chi connectivity index (χ4n) is 3.43. The second kappa shape index (κ2) is 6.89. The van der Waals surface area contributed by atoms with Gasteiger partial charge in [-0.05, 0) is 68.7 Å². The molecular formula is C17H24ClNO2. The van der Waals surface area contributed by atoms with Crippen LogP contribution in [-0.2, 0) is 0 Å². The Morgan fingerprint density at radius 2 is 1.95 bits per heavy atom. The molecule has 1 saturated heterocycles. The quantitative estimate of drug-likeness (QED) is 0.907. The molecule has 3 nitrogen and oxygen atoms in total. The van der Waals surface area contributed by atoms with E-state index in [0.29, 0.717) is 22.8 Å². The molecule has 1 unspecified atom stereocenters. The molecular weight excluding hydrogens is 286 g/mol. The molecule has 4 heteroatoms. The van der Waals surface area contributed by atoms with Crippen molar-refractivity contribution in [2.24, 2.45) is 0 Å². The lowest BCUT2D eigenvalue weighted by Crippen LogP contribution is -2.28. The molecule has 2 aliphatic rings. The van der Waals surface area contributed by atoms with Gasteiger partial charge in [-0.3, -0.25) is 0 Å². The highest BCUT2D eigenvalue weighted by molar-refractivity contribution is 6.32. The molecule has 2 fully saturated rings. The second-order valence-electron chi connectivity index (χ2n) is 6.10. The average Bonchev–Trinajstić information content (AvgIpc) is 3.01. The van der Waals surface area contributed by atoms with Crippen molar-refractivity contribution in [2.45, 2.75) is 50.5 Å². The summed E-state index contributed by atoms with van der Waals surface area (Å²) in [6, 6.07) is 4.18. The van der Waals surface area contributed by atoms with Gasteiger partial charge in [-0.1, -0.05) is 11.6 Å². The van der Waals surface area contributed by atoms with Gasteiger partial charge in [0.2, 0.25) is 0 Å². The summed E-state index contributed by atoms with van der Waals surface area (Å²) in [6.07, 6.45) is 7.52. The van der Waals surface area contributed by atoms with Crippen LogP contribution in [0, 0.1) is 0 Å². The number of piperidine rings is 1. The van der Waals surface area contributed by atoms with Crippen molar-refractivity contribution in [3.8, 4) is 11.5 Å². The molecule has 0 amide bonds. The molecule has 3 rings (SSSR count). The lowest BCUT2D eigenvalue weighted by Gasteiger charge is -2.25. The minimum atomic E-state index is 0.315. The maximum absolute atomic E-state index is 6.41. The van der Waals surface area contributed by atoms with E-state index in [0.717, 1.165) is 31.7 Å². The summed E-state index contributed by atoms with van der Waals surface area (Å²) in [6.45, 7) is 2.14. The second-order valence-corrected chi connectivity index (χ2v) is 6.51. The summed E-state index contributed by atoms with van der Waals surface area (Å²) in [7, 11) is 1.66. The molecule has 21 heavy (non-hydrogen) atoms. The van der Waals surface area contributed by atoms with E-state index in [9.17, 15) is 0 Å². The minimum Gasteiger partial charge on any atom is -0.491 e. The summed E-state index contributed by atoms with van der Waals surface area (Å²) >= 11 is 6.41. The molecule has 1 heterocycles. The number of methoxy groups -OCH3 is 1. The third kappa shape index (κ3) is 3.46. The summed E-state index contributed by atoms with van der Waals surface area (Å²) in [5.74, 6) is 2.02. The first-order valence-electron chi connectivity index (χ1n) is 8.02. The molecule has 0 bridgehead atoms. The van der Waals surface area contributed by atoms with E-state index >= 15 is 0 Å².